The predicted molar refractivity (Wildman–Crippen MR) is 72.3 cm³/mol. The first-order chi connectivity index (χ1) is 9.70. The number of H-pyrrole nitrogens is 1. The van der Waals surface area contributed by atoms with Gasteiger partial charge in [0.2, 0.25) is 0 Å². The molecule has 0 bridgehead atoms. The maximum atomic E-state index is 12.5. The van der Waals surface area contributed by atoms with E-state index in [1.165, 1.54) is 0 Å². The molecule has 0 aliphatic carbocycles. The zero-order valence-electron chi connectivity index (χ0n) is 10.9. The van der Waals surface area contributed by atoms with E-state index >= 15 is 0 Å². The number of hydrogen-bond acceptors (Lipinski definition) is 2. The SMILES string of the molecule is Cc1[nH]c(=O)n(C[C@H](O)C(F)(F)F)c1-c1ccc(Cl)cc1. The molecule has 2 N–H and O–H groups in total. The lowest BCUT2D eigenvalue weighted by molar-refractivity contribution is -0.207. The molecule has 0 saturated carbocycles. The Hall–Kier alpha value is -1.73. The van der Waals surface area contributed by atoms with Gasteiger partial charge in [-0.3, -0.25) is 4.57 Å². The molecule has 0 amide bonds. The summed E-state index contributed by atoms with van der Waals surface area (Å²) < 4.78 is 38.3. The number of nitrogens with zero attached hydrogens (tertiary/aromatic N) is 1. The summed E-state index contributed by atoms with van der Waals surface area (Å²) in [6.07, 6.45) is -7.40. The molecule has 0 radical (unpaired) electrons. The highest BCUT2D eigenvalue weighted by Crippen LogP contribution is 2.26. The van der Waals surface area contributed by atoms with Gasteiger partial charge in [-0.1, -0.05) is 23.7 Å². The number of hydrogen-bond donors (Lipinski definition) is 2. The zero-order valence-corrected chi connectivity index (χ0v) is 11.7. The van der Waals surface area contributed by atoms with E-state index in [1.807, 2.05) is 0 Å². The summed E-state index contributed by atoms with van der Waals surface area (Å²) in [6.45, 7) is 0.701. The fourth-order valence-electron chi connectivity index (χ4n) is 2.02. The van der Waals surface area contributed by atoms with E-state index in [0.29, 0.717) is 22.0 Å². The van der Waals surface area contributed by atoms with Crippen molar-refractivity contribution in [2.24, 2.45) is 0 Å². The van der Waals surface area contributed by atoms with E-state index < -0.39 is 24.5 Å². The molecule has 4 nitrogen and oxygen atoms in total. The monoisotopic (exact) mass is 320 g/mol. The molecule has 21 heavy (non-hydrogen) atoms. The van der Waals surface area contributed by atoms with Crippen LogP contribution in [-0.4, -0.2) is 26.9 Å². The van der Waals surface area contributed by atoms with Crippen molar-refractivity contribution in [2.45, 2.75) is 25.7 Å². The van der Waals surface area contributed by atoms with Crippen LogP contribution < -0.4 is 5.69 Å². The number of aryl methyl sites for hydroxylation is 1. The molecule has 2 rings (SSSR count). The number of rotatable bonds is 3. The fraction of sp³-hybridized carbons (Fsp3) is 0.308. The van der Waals surface area contributed by atoms with Crippen molar-refractivity contribution in [2.75, 3.05) is 0 Å². The molecular formula is C13H12ClF3N2O2. The van der Waals surface area contributed by atoms with Crippen molar-refractivity contribution in [3.05, 3.63) is 45.5 Å². The van der Waals surface area contributed by atoms with Gasteiger partial charge in [0.05, 0.1) is 12.2 Å². The van der Waals surface area contributed by atoms with Crippen LogP contribution in [0.25, 0.3) is 11.3 Å². The minimum absolute atomic E-state index is 0.292. The first-order valence-electron chi connectivity index (χ1n) is 6.00. The third-order valence-electron chi connectivity index (χ3n) is 3.02. The third-order valence-corrected chi connectivity index (χ3v) is 3.27. The van der Waals surface area contributed by atoms with Gasteiger partial charge in [0.15, 0.2) is 6.10 Å². The molecule has 1 heterocycles. The van der Waals surface area contributed by atoms with E-state index in [1.54, 1.807) is 31.2 Å². The molecule has 0 aliphatic heterocycles. The number of nitrogens with one attached hydrogen (secondary N) is 1. The van der Waals surface area contributed by atoms with Crippen LogP contribution in [0, 0.1) is 6.92 Å². The average molecular weight is 321 g/mol. The van der Waals surface area contributed by atoms with Crippen molar-refractivity contribution < 1.29 is 18.3 Å². The summed E-state index contributed by atoms with van der Waals surface area (Å²) in [5.74, 6) is 0. The van der Waals surface area contributed by atoms with Gasteiger partial charge >= 0.3 is 11.9 Å². The largest absolute Gasteiger partial charge is 0.416 e. The fourth-order valence-corrected chi connectivity index (χ4v) is 2.15. The maximum Gasteiger partial charge on any atom is 0.416 e. The van der Waals surface area contributed by atoms with E-state index in [-0.39, 0.29) is 0 Å². The third kappa shape index (κ3) is 3.30. The summed E-state index contributed by atoms with van der Waals surface area (Å²) >= 11 is 5.76. The van der Waals surface area contributed by atoms with Crippen molar-refractivity contribution >= 4 is 11.6 Å². The maximum absolute atomic E-state index is 12.5. The van der Waals surface area contributed by atoms with Gasteiger partial charge in [-0.05, 0) is 19.1 Å². The summed E-state index contributed by atoms with van der Waals surface area (Å²) in [4.78, 5) is 14.2. The van der Waals surface area contributed by atoms with E-state index in [0.717, 1.165) is 4.57 Å². The molecule has 1 aromatic carbocycles. The van der Waals surface area contributed by atoms with Crippen LogP contribution in [0.2, 0.25) is 5.02 Å². The lowest BCUT2D eigenvalue weighted by Gasteiger charge is -2.16. The Balaban J connectivity index is 2.47. The summed E-state index contributed by atoms with van der Waals surface area (Å²) in [5.41, 5.74) is 0.530. The van der Waals surface area contributed by atoms with E-state index in [2.05, 4.69) is 4.98 Å². The standard InChI is InChI=1S/C13H12ClF3N2O2/c1-7-11(8-2-4-9(14)5-3-8)19(12(21)18-7)6-10(20)13(15,16)17/h2-5,10,20H,6H2,1H3,(H,18,21)/t10-/m0/s1. The average Bonchev–Trinajstić information content (AvgIpc) is 2.64. The van der Waals surface area contributed by atoms with Gasteiger partial charge in [-0.2, -0.15) is 13.2 Å². The predicted octanol–water partition coefficient (Wildman–Crippen LogP) is 2.73. The van der Waals surface area contributed by atoms with Gasteiger partial charge in [-0.25, -0.2) is 4.79 Å². The Morgan fingerprint density at radius 1 is 1.33 bits per heavy atom. The Morgan fingerprint density at radius 3 is 2.43 bits per heavy atom. The summed E-state index contributed by atoms with van der Waals surface area (Å²) in [6, 6.07) is 6.32. The van der Waals surface area contributed by atoms with Gasteiger partial charge in [0, 0.05) is 16.3 Å². The molecular weight excluding hydrogens is 309 g/mol. The van der Waals surface area contributed by atoms with Gasteiger partial charge in [0.25, 0.3) is 0 Å². The van der Waals surface area contributed by atoms with Crippen LogP contribution >= 0.6 is 11.6 Å². The van der Waals surface area contributed by atoms with Crippen molar-refractivity contribution in [1.29, 1.82) is 0 Å². The Bertz CT molecular complexity index is 689. The Labute approximate surface area is 122 Å². The smallest absolute Gasteiger partial charge is 0.382 e. The number of aliphatic hydroxyl groups is 1. The van der Waals surface area contributed by atoms with Crippen molar-refractivity contribution in [1.82, 2.24) is 9.55 Å². The number of imidazole rings is 1. The molecule has 2 aromatic rings. The highest BCUT2D eigenvalue weighted by atomic mass is 35.5. The molecule has 114 valence electrons. The van der Waals surface area contributed by atoms with Crippen LogP contribution in [0.15, 0.2) is 29.1 Å². The number of aromatic amines is 1. The summed E-state index contributed by atoms with van der Waals surface area (Å²) in [5, 5.41) is 9.64. The number of alkyl halides is 3. The second-order valence-electron chi connectivity index (χ2n) is 4.58. The minimum Gasteiger partial charge on any atom is -0.382 e. The topological polar surface area (TPSA) is 58.0 Å². The lowest BCUT2D eigenvalue weighted by Crippen LogP contribution is -2.36. The quantitative estimate of drug-likeness (QED) is 0.913. The molecule has 0 fully saturated rings. The number of aliphatic hydroxyl groups excluding tert-OH is 1. The first-order valence-corrected chi connectivity index (χ1v) is 6.38. The van der Waals surface area contributed by atoms with Crippen LogP contribution in [0.5, 0.6) is 0 Å². The molecule has 0 unspecified atom stereocenters. The first kappa shape index (κ1) is 15.7. The van der Waals surface area contributed by atoms with Gasteiger partial charge in [-0.15, -0.1) is 0 Å². The summed E-state index contributed by atoms with van der Waals surface area (Å²) in [7, 11) is 0. The number of halogens is 4. The Kier molecular flexibility index (Phi) is 4.15. The van der Waals surface area contributed by atoms with E-state index in [9.17, 15) is 18.0 Å². The van der Waals surface area contributed by atoms with E-state index in [4.69, 9.17) is 16.7 Å². The molecule has 0 aliphatic rings. The van der Waals surface area contributed by atoms with Crippen molar-refractivity contribution in [3.63, 3.8) is 0 Å². The van der Waals surface area contributed by atoms with Crippen LogP contribution in [0.3, 0.4) is 0 Å². The highest BCUT2D eigenvalue weighted by molar-refractivity contribution is 6.30. The number of benzene rings is 1. The highest BCUT2D eigenvalue weighted by Gasteiger charge is 2.39. The normalized spacial score (nSPS) is 13.4. The molecule has 0 saturated heterocycles. The van der Waals surface area contributed by atoms with Crippen LogP contribution in [-0.2, 0) is 6.54 Å². The Morgan fingerprint density at radius 2 is 1.90 bits per heavy atom. The second kappa shape index (κ2) is 5.57. The van der Waals surface area contributed by atoms with Crippen molar-refractivity contribution in [3.8, 4) is 11.3 Å². The lowest BCUT2D eigenvalue weighted by atomic mass is 10.1. The zero-order chi connectivity index (χ0) is 15.8. The van der Waals surface area contributed by atoms with Gasteiger partial charge < -0.3 is 10.1 Å². The second-order valence-corrected chi connectivity index (χ2v) is 5.02. The van der Waals surface area contributed by atoms with Crippen LogP contribution in [0.4, 0.5) is 13.2 Å². The molecule has 8 heteroatoms. The number of aromatic nitrogens is 2. The molecule has 0 spiro atoms. The van der Waals surface area contributed by atoms with Crippen LogP contribution in [0.1, 0.15) is 5.69 Å². The molecule has 1 atom stereocenters. The van der Waals surface area contributed by atoms with Gasteiger partial charge in [0.1, 0.15) is 0 Å². The minimum atomic E-state index is -4.79. The molecule has 1 aromatic heterocycles.